The molecule has 0 bridgehead atoms. The van der Waals surface area contributed by atoms with Gasteiger partial charge in [0.2, 0.25) is 0 Å². The Morgan fingerprint density at radius 1 is 1.00 bits per heavy atom. The van der Waals surface area contributed by atoms with Gasteiger partial charge in [-0.1, -0.05) is 57.4 Å². The van der Waals surface area contributed by atoms with Crippen LogP contribution >= 0.6 is 0 Å². The fourth-order valence-corrected chi connectivity index (χ4v) is 3.32. The van der Waals surface area contributed by atoms with Crippen molar-refractivity contribution in [3.8, 4) is 0 Å². The van der Waals surface area contributed by atoms with E-state index in [2.05, 4.69) is 52.6 Å². The largest absolute Gasteiger partial charge is 0.382 e. The Kier molecular flexibility index (Phi) is 5.86. The molecule has 2 N–H and O–H groups in total. The number of benzene rings is 1. The number of fused-ring (bicyclic) bond motifs is 1. The molecular formula is C21H29N5. The summed E-state index contributed by atoms with van der Waals surface area (Å²) in [5, 5.41) is 0. The van der Waals surface area contributed by atoms with E-state index in [1.165, 1.54) is 30.4 Å². The van der Waals surface area contributed by atoms with Crippen LogP contribution in [0.2, 0.25) is 0 Å². The van der Waals surface area contributed by atoms with Crippen molar-refractivity contribution < 1.29 is 0 Å². The summed E-state index contributed by atoms with van der Waals surface area (Å²) in [5.41, 5.74) is 10.3. The summed E-state index contributed by atoms with van der Waals surface area (Å²) in [5.74, 6) is 2.24. The zero-order valence-corrected chi connectivity index (χ0v) is 16.1. The summed E-state index contributed by atoms with van der Waals surface area (Å²) in [7, 11) is 0. The molecule has 0 fully saturated rings. The van der Waals surface area contributed by atoms with E-state index in [0.29, 0.717) is 11.3 Å². The van der Waals surface area contributed by atoms with E-state index in [1.807, 2.05) is 6.92 Å². The van der Waals surface area contributed by atoms with Gasteiger partial charge in [-0.3, -0.25) is 0 Å². The first-order chi connectivity index (χ1) is 12.6. The van der Waals surface area contributed by atoms with E-state index < -0.39 is 0 Å². The molecule has 5 heteroatoms. The molecule has 0 saturated carbocycles. The van der Waals surface area contributed by atoms with Gasteiger partial charge in [-0.15, -0.1) is 0 Å². The standard InChI is InChI=1S/C21H29N5/c1-4-6-7-8-12-18-24-20(22)19-21(25-18)26(15(3)23-19)14-17-11-9-10-16(5-2)13-17/h9-11,13H,4-8,12,14H2,1-3H3,(H2,22,24,25). The maximum Gasteiger partial charge on any atom is 0.166 e. The molecule has 0 saturated heterocycles. The average Bonchev–Trinajstić information content (AvgIpc) is 2.95. The average molecular weight is 351 g/mol. The lowest BCUT2D eigenvalue weighted by Gasteiger charge is -2.09. The molecule has 2 heterocycles. The number of nitrogens with two attached hydrogens (primary N) is 1. The van der Waals surface area contributed by atoms with Gasteiger partial charge in [0.1, 0.15) is 11.6 Å². The zero-order valence-electron chi connectivity index (χ0n) is 16.1. The van der Waals surface area contributed by atoms with Crippen molar-refractivity contribution in [2.24, 2.45) is 0 Å². The van der Waals surface area contributed by atoms with Crippen molar-refractivity contribution in [2.75, 3.05) is 5.73 Å². The van der Waals surface area contributed by atoms with E-state index in [1.54, 1.807) is 0 Å². The Bertz CT molecular complexity index is 881. The van der Waals surface area contributed by atoms with Crippen molar-refractivity contribution in [1.82, 2.24) is 19.5 Å². The lowest BCUT2D eigenvalue weighted by atomic mass is 10.1. The van der Waals surface area contributed by atoms with Crippen molar-refractivity contribution in [3.63, 3.8) is 0 Å². The number of aryl methyl sites for hydroxylation is 3. The monoisotopic (exact) mass is 351 g/mol. The van der Waals surface area contributed by atoms with E-state index >= 15 is 0 Å². The first kappa shape index (κ1) is 18.4. The maximum atomic E-state index is 6.18. The number of nitrogens with zero attached hydrogens (tertiary/aromatic N) is 4. The van der Waals surface area contributed by atoms with E-state index in [0.717, 1.165) is 43.1 Å². The first-order valence-electron chi connectivity index (χ1n) is 9.69. The zero-order chi connectivity index (χ0) is 18.5. The SMILES string of the molecule is CCCCCCc1nc(N)c2nc(C)n(Cc3cccc(CC)c3)c2n1. The lowest BCUT2D eigenvalue weighted by molar-refractivity contribution is 0.652. The second kappa shape index (κ2) is 8.30. The highest BCUT2D eigenvalue weighted by atomic mass is 15.2. The van der Waals surface area contributed by atoms with Crippen LogP contribution in [-0.4, -0.2) is 19.5 Å². The minimum Gasteiger partial charge on any atom is -0.382 e. The third-order valence-electron chi connectivity index (χ3n) is 4.85. The molecule has 138 valence electrons. The molecule has 0 amide bonds. The second-order valence-electron chi connectivity index (χ2n) is 6.93. The molecule has 5 nitrogen and oxygen atoms in total. The summed E-state index contributed by atoms with van der Waals surface area (Å²) in [6, 6.07) is 8.68. The number of hydrogen-bond acceptors (Lipinski definition) is 4. The van der Waals surface area contributed by atoms with Gasteiger partial charge in [0.25, 0.3) is 0 Å². The Labute approximate surface area is 155 Å². The van der Waals surface area contributed by atoms with Crippen molar-refractivity contribution in [3.05, 3.63) is 47.0 Å². The minimum atomic E-state index is 0.490. The van der Waals surface area contributed by atoms with Crippen LogP contribution in [0.25, 0.3) is 11.2 Å². The number of imidazole rings is 1. The fraction of sp³-hybridized carbons (Fsp3) is 0.476. The third-order valence-corrected chi connectivity index (χ3v) is 4.85. The van der Waals surface area contributed by atoms with Gasteiger partial charge >= 0.3 is 0 Å². The highest BCUT2D eigenvalue weighted by molar-refractivity contribution is 5.82. The molecule has 0 spiro atoms. The van der Waals surface area contributed by atoms with Crippen molar-refractivity contribution >= 4 is 17.0 Å². The van der Waals surface area contributed by atoms with Crippen LogP contribution < -0.4 is 5.73 Å². The molecule has 1 aromatic carbocycles. The molecular weight excluding hydrogens is 322 g/mol. The van der Waals surface area contributed by atoms with Gasteiger partial charge in [0.15, 0.2) is 17.0 Å². The Hall–Kier alpha value is -2.43. The predicted molar refractivity (Wildman–Crippen MR) is 107 cm³/mol. The predicted octanol–water partition coefficient (Wildman–Crippen LogP) is 4.45. The maximum absolute atomic E-state index is 6.18. The van der Waals surface area contributed by atoms with Crippen molar-refractivity contribution in [2.45, 2.75) is 65.8 Å². The molecule has 0 radical (unpaired) electrons. The summed E-state index contributed by atoms with van der Waals surface area (Å²) >= 11 is 0. The van der Waals surface area contributed by atoms with Gasteiger partial charge in [-0.05, 0) is 30.9 Å². The van der Waals surface area contributed by atoms with Gasteiger partial charge in [-0.25, -0.2) is 15.0 Å². The molecule has 2 aromatic heterocycles. The topological polar surface area (TPSA) is 69.6 Å². The van der Waals surface area contributed by atoms with E-state index in [9.17, 15) is 0 Å². The number of nitrogen functional groups attached to an aromatic ring is 1. The summed E-state index contributed by atoms with van der Waals surface area (Å²) in [6.07, 6.45) is 6.70. The summed E-state index contributed by atoms with van der Waals surface area (Å²) in [6.45, 7) is 7.15. The first-order valence-corrected chi connectivity index (χ1v) is 9.69. The number of unbranched alkanes of at least 4 members (excludes halogenated alkanes) is 3. The molecule has 3 aromatic rings. The second-order valence-corrected chi connectivity index (χ2v) is 6.93. The van der Waals surface area contributed by atoms with Gasteiger partial charge < -0.3 is 10.3 Å². The van der Waals surface area contributed by atoms with E-state index in [4.69, 9.17) is 10.7 Å². The van der Waals surface area contributed by atoms with Crippen LogP contribution in [-0.2, 0) is 19.4 Å². The molecule has 0 aliphatic heterocycles. The Morgan fingerprint density at radius 3 is 2.58 bits per heavy atom. The fourth-order valence-electron chi connectivity index (χ4n) is 3.32. The molecule has 0 atom stereocenters. The number of hydrogen-bond donors (Lipinski definition) is 1. The van der Waals surface area contributed by atoms with E-state index in [-0.39, 0.29) is 0 Å². The summed E-state index contributed by atoms with van der Waals surface area (Å²) < 4.78 is 2.15. The van der Waals surface area contributed by atoms with Crippen LogP contribution in [0.15, 0.2) is 24.3 Å². The third kappa shape index (κ3) is 4.03. The van der Waals surface area contributed by atoms with Gasteiger partial charge in [0.05, 0.1) is 6.54 Å². The highest BCUT2D eigenvalue weighted by Crippen LogP contribution is 2.21. The summed E-state index contributed by atoms with van der Waals surface area (Å²) in [4.78, 5) is 13.9. The number of aromatic nitrogens is 4. The van der Waals surface area contributed by atoms with Crippen LogP contribution in [0.5, 0.6) is 0 Å². The highest BCUT2D eigenvalue weighted by Gasteiger charge is 2.14. The van der Waals surface area contributed by atoms with Gasteiger partial charge in [-0.2, -0.15) is 0 Å². The van der Waals surface area contributed by atoms with Crippen LogP contribution in [0.1, 0.15) is 62.3 Å². The molecule has 3 rings (SSSR count). The molecule has 0 aliphatic carbocycles. The molecule has 26 heavy (non-hydrogen) atoms. The van der Waals surface area contributed by atoms with Crippen molar-refractivity contribution in [1.29, 1.82) is 0 Å². The number of anilines is 1. The quantitative estimate of drug-likeness (QED) is 0.609. The normalized spacial score (nSPS) is 11.3. The van der Waals surface area contributed by atoms with Crippen LogP contribution in [0.4, 0.5) is 5.82 Å². The Morgan fingerprint density at radius 2 is 1.81 bits per heavy atom. The number of rotatable bonds is 8. The van der Waals surface area contributed by atoms with Crippen LogP contribution in [0.3, 0.4) is 0 Å². The van der Waals surface area contributed by atoms with Crippen LogP contribution in [0, 0.1) is 6.92 Å². The van der Waals surface area contributed by atoms with Gasteiger partial charge in [0, 0.05) is 6.42 Å². The minimum absolute atomic E-state index is 0.490. The molecule has 0 aliphatic rings. The molecule has 0 unspecified atom stereocenters. The Balaban J connectivity index is 1.91. The lowest BCUT2D eigenvalue weighted by Crippen LogP contribution is -2.06. The smallest absolute Gasteiger partial charge is 0.166 e.